The Morgan fingerprint density at radius 3 is 2.62 bits per heavy atom. The molecule has 1 aliphatic rings. The fourth-order valence-corrected chi connectivity index (χ4v) is 1.53. The number of hydrogen-bond acceptors (Lipinski definition) is 3. The van der Waals surface area contributed by atoms with Crippen molar-refractivity contribution in [3.05, 3.63) is 0 Å². The number of urea groups is 1. The third kappa shape index (κ3) is 2.86. The highest BCUT2D eigenvalue weighted by atomic mass is 16.5. The first-order valence-electron chi connectivity index (χ1n) is 4.52. The number of hydroxylamine groups is 2. The van der Waals surface area contributed by atoms with E-state index in [9.17, 15) is 9.90 Å². The Balaban J connectivity index is 2.38. The molecule has 0 heterocycles. The van der Waals surface area contributed by atoms with E-state index in [1.54, 1.807) is 0 Å². The maximum Gasteiger partial charge on any atom is 0.341 e. The normalized spacial score (nSPS) is 28.2. The van der Waals surface area contributed by atoms with Crippen LogP contribution in [-0.2, 0) is 0 Å². The van der Waals surface area contributed by atoms with Gasteiger partial charge in [0.1, 0.15) is 0 Å². The lowest BCUT2D eigenvalue weighted by Gasteiger charge is -2.28. The zero-order valence-electron chi connectivity index (χ0n) is 7.73. The molecule has 1 rings (SSSR count). The van der Waals surface area contributed by atoms with Crippen LogP contribution in [0.25, 0.3) is 0 Å². The van der Waals surface area contributed by atoms with Gasteiger partial charge in [-0.15, -0.1) is 0 Å². The van der Waals surface area contributed by atoms with Crippen LogP contribution >= 0.6 is 0 Å². The van der Waals surface area contributed by atoms with Gasteiger partial charge in [0.2, 0.25) is 0 Å². The van der Waals surface area contributed by atoms with Crippen molar-refractivity contribution in [2.75, 3.05) is 7.05 Å². The largest absolute Gasteiger partial charge is 0.391 e. The van der Waals surface area contributed by atoms with Crippen LogP contribution in [0.2, 0.25) is 0 Å². The molecular weight excluding hydrogens is 172 g/mol. The molecule has 76 valence electrons. The van der Waals surface area contributed by atoms with E-state index >= 15 is 0 Å². The number of hydrogen-bond donors (Lipinski definition) is 3. The second kappa shape index (κ2) is 4.43. The van der Waals surface area contributed by atoms with Crippen molar-refractivity contribution in [3.63, 3.8) is 0 Å². The highest BCUT2D eigenvalue weighted by molar-refractivity contribution is 5.72. The SMILES string of the molecule is CN(O)C(=O)NC1CCCCC1O. The Morgan fingerprint density at radius 1 is 1.46 bits per heavy atom. The van der Waals surface area contributed by atoms with Crippen molar-refractivity contribution in [1.82, 2.24) is 10.4 Å². The van der Waals surface area contributed by atoms with Crippen LogP contribution in [0.5, 0.6) is 0 Å². The van der Waals surface area contributed by atoms with Gasteiger partial charge in [0, 0.05) is 7.05 Å². The molecule has 1 saturated carbocycles. The summed E-state index contributed by atoms with van der Waals surface area (Å²) in [6.07, 6.45) is 3.04. The minimum Gasteiger partial charge on any atom is -0.391 e. The Morgan fingerprint density at radius 2 is 2.08 bits per heavy atom. The van der Waals surface area contributed by atoms with Crippen molar-refractivity contribution in [2.45, 2.75) is 37.8 Å². The van der Waals surface area contributed by atoms with Crippen molar-refractivity contribution < 1.29 is 15.1 Å². The number of amides is 2. The molecule has 3 N–H and O–H groups in total. The molecule has 0 bridgehead atoms. The molecule has 2 amide bonds. The summed E-state index contributed by atoms with van der Waals surface area (Å²) in [5.41, 5.74) is 0. The maximum atomic E-state index is 11.0. The maximum absolute atomic E-state index is 11.0. The van der Waals surface area contributed by atoms with Gasteiger partial charge in [0.15, 0.2) is 0 Å². The van der Waals surface area contributed by atoms with Crippen LogP contribution in [0.3, 0.4) is 0 Å². The van der Waals surface area contributed by atoms with Gasteiger partial charge in [-0.3, -0.25) is 5.21 Å². The minimum absolute atomic E-state index is 0.212. The second-order valence-electron chi connectivity index (χ2n) is 3.43. The molecule has 2 atom stereocenters. The molecule has 0 spiro atoms. The molecule has 0 radical (unpaired) electrons. The van der Waals surface area contributed by atoms with Crippen LogP contribution < -0.4 is 5.32 Å². The Hall–Kier alpha value is -0.810. The van der Waals surface area contributed by atoms with E-state index in [1.165, 1.54) is 7.05 Å². The lowest BCUT2D eigenvalue weighted by atomic mass is 9.93. The lowest BCUT2D eigenvalue weighted by molar-refractivity contribution is -0.0230. The van der Waals surface area contributed by atoms with Crippen molar-refractivity contribution >= 4 is 6.03 Å². The molecule has 2 unspecified atom stereocenters. The molecule has 0 aromatic rings. The van der Waals surface area contributed by atoms with E-state index in [1.807, 2.05) is 0 Å². The number of carbonyl (C=O) groups excluding carboxylic acids is 1. The summed E-state index contributed by atoms with van der Waals surface area (Å²) in [7, 11) is 1.25. The summed E-state index contributed by atoms with van der Waals surface area (Å²) in [6.45, 7) is 0. The number of nitrogens with zero attached hydrogens (tertiary/aromatic N) is 1. The van der Waals surface area contributed by atoms with Gasteiger partial charge in [0.05, 0.1) is 12.1 Å². The monoisotopic (exact) mass is 188 g/mol. The third-order valence-electron chi connectivity index (χ3n) is 2.33. The minimum atomic E-state index is -0.564. The predicted octanol–water partition coefficient (Wildman–Crippen LogP) is 0.320. The first kappa shape index (κ1) is 10.3. The van der Waals surface area contributed by atoms with Gasteiger partial charge >= 0.3 is 6.03 Å². The highest BCUT2D eigenvalue weighted by Gasteiger charge is 2.25. The van der Waals surface area contributed by atoms with E-state index in [-0.39, 0.29) is 6.04 Å². The average Bonchev–Trinajstić information content (AvgIpc) is 2.08. The van der Waals surface area contributed by atoms with Crippen LogP contribution in [-0.4, -0.2) is 40.6 Å². The van der Waals surface area contributed by atoms with Gasteiger partial charge in [-0.05, 0) is 12.8 Å². The second-order valence-corrected chi connectivity index (χ2v) is 3.43. The molecule has 1 fully saturated rings. The summed E-state index contributed by atoms with van der Waals surface area (Å²) < 4.78 is 0. The average molecular weight is 188 g/mol. The number of aliphatic hydroxyl groups is 1. The van der Waals surface area contributed by atoms with Gasteiger partial charge in [-0.1, -0.05) is 12.8 Å². The van der Waals surface area contributed by atoms with E-state index in [4.69, 9.17) is 5.21 Å². The Kier molecular flexibility index (Phi) is 3.50. The zero-order valence-corrected chi connectivity index (χ0v) is 7.73. The van der Waals surface area contributed by atoms with Crippen molar-refractivity contribution in [3.8, 4) is 0 Å². The van der Waals surface area contributed by atoms with Gasteiger partial charge < -0.3 is 10.4 Å². The van der Waals surface area contributed by atoms with Crippen LogP contribution in [0.1, 0.15) is 25.7 Å². The Bertz CT molecular complexity index is 184. The first-order valence-corrected chi connectivity index (χ1v) is 4.52. The molecular formula is C8H16N2O3. The quantitative estimate of drug-likeness (QED) is 0.410. The fraction of sp³-hybridized carbons (Fsp3) is 0.875. The van der Waals surface area contributed by atoms with E-state index < -0.39 is 12.1 Å². The first-order chi connectivity index (χ1) is 6.11. The van der Waals surface area contributed by atoms with Gasteiger partial charge in [-0.2, -0.15) is 0 Å². The highest BCUT2D eigenvalue weighted by Crippen LogP contribution is 2.18. The molecule has 13 heavy (non-hydrogen) atoms. The molecule has 5 heteroatoms. The molecule has 0 aromatic heterocycles. The van der Waals surface area contributed by atoms with Crippen molar-refractivity contribution in [2.24, 2.45) is 0 Å². The molecule has 0 aromatic carbocycles. The zero-order chi connectivity index (χ0) is 9.84. The number of rotatable bonds is 1. The smallest absolute Gasteiger partial charge is 0.341 e. The summed E-state index contributed by atoms with van der Waals surface area (Å²) in [5.74, 6) is 0. The van der Waals surface area contributed by atoms with Gasteiger partial charge in [0.25, 0.3) is 0 Å². The molecule has 1 aliphatic carbocycles. The summed E-state index contributed by atoms with van der Waals surface area (Å²) in [4.78, 5) is 11.0. The number of carbonyl (C=O) groups is 1. The van der Waals surface area contributed by atoms with E-state index in [2.05, 4.69) is 5.32 Å². The molecule has 0 aliphatic heterocycles. The number of nitrogens with one attached hydrogen (secondary N) is 1. The summed E-state index contributed by atoms with van der Waals surface area (Å²) >= 11 is 0. The number of aliphatic hydroxyl groups excluding tert-OH is 1. The molecule has 5 nitrogen and oxygen atoms in total. The predicted molar refractivity (Wildman–Crippen MR) is 46.3 cm³/mol. The van der Waals surface area contributed by atoms with Crippen LogP contribution in [0, 0.1) is 0 Å². The fourth-order valence-electron chi connectivity index (χ4n) is 1.53. The standard InChI is InChI=1S/C8H16N2O3/c1-10(13)8(12)9-6-4-2-3-5-7(6)11/h6-7,11,13H,2-5H2,1H3,(H,9,12). The topological polar surface area (TPSA) is 72.8 Å². The Labute approximate surface area is 77.3 Å². The van der Waals surface area contributed by atoms with Gasteiger partial charge in [-0.25, -0.2) is 9.86 Å². The van der Waals surface area contributed by atoms with Crippen LogP contribution in [0.15, 0.2) is 0 Å². The van der Waals surface area contributed by atoms with Crippen molar-refractivity contribution in [1.29, 1.82) is 0 Å². The molecule has 0 saturated heterocycles. The summed E-state index contributed by atoms with van der Waals surface area (Å²) in [6, 6.07) is -0.776. The summed E-state index contributed by atoms with van der Waals surface area (Å²) in [5, 5.41) is 21.3. The third-order valence-corrected chi connectivity index (χ3v) is 2.33. The van der Waals surface area contributed by atoms with E-state index in [0.29, 0.717) is 5.06 Å². The van der Waals surface area contributed by atoms with E-state index in [0.717, 1.165) is 25.7 Å². The lowest BCUT2D eigenvalue weighted by Crippen LogP contribution is -2.48. The van der Waals surface area contributed by atoms with Crippen LogP contribution in [0.4, 0.5) is 4.79 Å².